The Balaban J connectivity index is 1.37. The monoisotopic (exact) mass is 363 g/mol. The molecule has 6 heteroatoms. The van der Waals surface area contributed by atoms with Gasteiger partial charge in [-0.3, -0.25) is 0 Å². The maximum absolute atomic E-state index is 12.5. The molecule has 4 rings (SSSR count). The van der Waals surface area contributed by atoms with Crippen molar-refractivity contribution < 1.29 is 14.7 Å². The Bertz CT molecular complexity index is 880. The molecule has 0 fully saturated rings. The Morgan fingerprint density at radius 1 is 0.926 bits per heavy atom. The fraction of sp³-hybridized carbons (Fsp3) is 0.238. The summed E-state index contributed by atoms with van der Waals surface area (Å²) in [5.41, 5.74) is 5.35. The Kier molecular flexibility index (Phi) is 4.54. The van der Waals surface area contributed by atoms with E-state index in [1.165, 1.54) is 16.0 Å². The number of carbonyl (C=O) groups is 2. The van der Waals surface area contributed by atoms with Crippen LogP contribution in [0.4, 0.5) is 15.3 Å². The van der Waals surface area contributed by atoms with Gasteiger partial charge < -0.3 is 20.2 Å². The fourth-order valence-corrected chi connectivity index (χ4v) is 3.55. The number of urea groups is 1. The van der Waals surface area contributed by atoms with Crippen LogP contribution in [0.3, 0.4) is 0 Å². The first kappa shape index (κ1) is 17.1. The van der Waals surface area contributed by atoms with Crippen LogP contribution in [0.2, 0.25) is 0 Å². The van der Waals surface area contributed by atoms with Gasteiger partial charge in [-0.1, -0.05) is 42.5 Å². The number of carboxylic acid groups (broad SMARTS) is 1. The third-order valence-corrected chi connectivity index (χ3v) is 5.11. The number of hydrogen-bond donors (Lipinski definition) is 2. The highest BCUT2D eigenvalue weighted by Gasteiger charge is 2.23. The number of hydrogen-bond acceptors (Lipinski definition) is 2. The molecular weight excluding hydrogens is 342 g/mol. The molecule has 0 unspecified atom stereocenters. The lowest BCUT2D eigenvalue weighted by atomic mass is 9.99. The van der Waals surface area contributed by atoms with Crippen LogP contribution in [0, 0.1) is 0 Å². The smallest absolute Gasteiger partial charge is 0.407 e. The molecule has 0 atom stereocenters. The lowest BCUT2D eigenvalue weighted by Crippen LogP contribution is -2.33. The van der Waals surface area contributed by atoms with Crippen LogP contribution in [0.5, 0.6) is 0 Å². The van der Waals surface area contributed by atoms with Crippen LogP contribution in [-0.2, 0) is 13.1 Å². The summed E-state index contributed by atoms with van der Waals surface area (Å²) < 4.78 is 0. The molecule has 6 nitrogen and oxygen atoms in total. The van der Waals surface area contributed by atoms with Gasteiger partial charge in [0.2, 0.25) is 0 Å². The molecule has 27 heavy (non-hydrogen) atoms. The Morgan fingerprint density at radius 2 is 1.59 bits per heavy atom. The van der Waals surface area contributed by atoms with E-state index in [1.807, 2.05) is 42.5 Å². The van der Waals surface area contributed by atoms with Gasteiger partial charge in [0.05, 0.1) is 0 Å². The largest absolute Gasteiger partial charge is 0.465 e. The van der Waals surface area contributed by atoms with Crippen molar-refractivity contribution in [2.45, 2.75) is 19.5 Å². The van der Waals surface area contributed by atoms with E-state index in [2.05, 4.69) is 17.4 Å². The molecule has 2 aromatic rings. The molecule has 0 aromatic heterocycles. The molecule has 2 N–H and O–H groups in total. The van der Waals surface area contributed by atoms with Crippen LogP contribution in [0.25, 0.3) is 5.57 Å². The standard InChI is InChI=1S/C21H21N3O3/c25-20(24-13-17-3-1-2-4-18(17)14-24)22-19-7-5-15(6-8-19)16-9-11-23(12-10-16)21(26)27/h1-9H,10-14H2,(H,22,25)(H,26,27). The Hall–Kier alpha value is -3.28. The third-order valence-electron chi connectivity index (χ3n) is 5.11. The number of fused-ring (bicyclic) bond motifs is 1. The molecule has 2 aromatic carbocycles. The summed E-state index contributed by atoms with van der Waals surface area (Å²) in [6.45, 7) is 2.19. The molecule has 2 aliphatic rings. The molecule has 0 bridgehead atoms. The van der Waals surface area contributed by atoms with E-state index < -0.39 is 6.09 Å². The number of rotatable bonds is 2. The molecule has 0 aliphatic carbocycles. The average Bonchev–Trinajstić information content (AvgIpc) is 3.13. The molecule has 0 radical (unpaired) electrons. The highest BCUT2D eigenvalue weighted by molar-refractivity contribution is 5.90. The number of anilines is 1. The van der Waals surface area contributed by atoms with E-state index in [4.69, 9.17) is 5.11 Å². The summed E-state index contributed by atoms with van der Waals surface area (Å²) in [6.07, 6.45) is 1.77. The molecule has 0 spiro atoms. The molecular formula is C21H21N3O3. The summed E-state index contributed by atoms with van der Waals surface area (Å²) in [5.74, 6) is 0. The first-order valence-electron chi connectivity index (χ1n) is 9.00. The second-order valence-corrected chi connectivity index (χ2v) is 6.84. The summed E-state index contributed by atoms with van der Waals surface area (Å²) in [6, 6.07) is 15.7. The van der Waals surface area contributed by atoms with Crippen LogP contribution >= 0.6 is 0 Å². The quantitative estimate of drug-likeness (QED) is 0.847. The predicted molar refractivity (Wildman–Crippen MR) is 103 cm³/mol. The summed E-state index contributed by atoms with van der Waals surface area (Å²) >= 11 is 0. The van der Waals surface area contributed by atoms with E-state index in [-0.39, 0.29) is 6.03 Å². The summed E-state index contributed by atoms with van der Waals surface area (Å²) in [5, 5.41) is 12.0. The van der Waals surface area contributed by atoms with Crippen molar-refractivity contribution in [1.82, 2.24) is 9.80 Å². The van der Waals surface area contributed by atoms with Gasteiger partial charge in [0.25, 0.3) is 0 Å². The van der Waals surface area contributed by atoms with Gasteiger partial charge in [-0.2, -0.15) is 0 Å². The topological polar surface area (TPSA) is 72.9 Å². The fourth-order valence-electron chi connectivity index (χ4n) is 3.55. The molecule has 0 saturated carbocycles. The van der Waals surface area contributed by atoms with Crippen molar-refractivity contribution in [3.8, 4) is 0 Å². The van der Waals surface area contributed by atoms with Crippen LogP contribution < -0.4 is 5.32 Å². The van der Waals surface area contributed by atoms with E-state index >= 15 is 0 Å². The van der Waals surface area contributed by atoms with Crippen molar-refractivity contribution in [1.29, 1.82) is 0 Å². The highest BCUT2D eigenvalue weighted by Crippen LogP contribution is 2.25. The van der Waals surface area contributed by atoms with Crippen LogP contribution in [0.1, 0.15) is 23.1 Å². The van der Waals surface area contributed by atoms with Gasteiger partial charge >= 0.3 is 12.1 Å². The van der Waals surface area contributed by atoms with Gasteiger partial charge in [-0.25, -0.2) is 9.59 Å². The average molecular weight is 363 g/mol. The Labute approximate surface area is 157 Å². The van der Waals surface area contributed by atoms with E-state index in [0.717, 1.165) is 16.8 Å². The maximum atomic E-state index is 12.5. The number of carbonyl (C=O) groups excluding carboxylic acids is 1. The number of nitrogens with one attached hydrogen (secondary N) is 1. The first-order valence-corrected chi connectivity index (χ1v) is 9.00. The zero-order valence-electron chi connectivity index (χ0n) is 14.9. The van der Waals surface area contributed by atoms with Crippen molar-refractivity contribution in [2.75, 3.05) is 18.4 Å². The summed E-state index contributed by atoms with van der Waals surface area (Å²) in [7, 11) is 0. The number of amides is 3. The molecule has 0 saturated heterocycles. The van der Waals surface area contributed by atoms with E-state index in [1.54, 1.807) is 4.90 Å². The maximum Gasteiger partial charge on any atom is 0.407 e. The van der Waals surface area contributed by atoms with Gasteiger partial charge in [0.15, 0.2) is 0 Å². The van der Waals surface area contributed by atoms with Gasteiger partial charge in [0.1, 0.15) is 0 Å². The van der Waals surface area contributed by atoms with Crippen molar-refractivity contribution in [3.63, 3.8) is 0 Å². The second-order valence-electron chi connectivity index (χ2n) is 6.84. The molecule has 2 heterocycles. The zero-order valence-corrected chi connectivity index (χ0v) is 14.9. The van der Waals surface area contributed by atoms with E-state index in [0.29, 0.717) is 32.6 Å². The van der Waals surface area contributed by atoms with Gasteiger partial charge in [-0.05, 0) is 40.8 Å². The van der Waals surface area contributed by atoms with Crippen molar-refractivity contribution in [3.05, 3.63) is 71.3 Å². The zero-order chi connectivity index (χ0) is 18.8. The lowest BCUT2D eigenvalue weighted by molar-refractivity contribution is 0.150. The lowest BCUT2D eigenvalue weighted by Gasteiger charge is -2.24. The first-order chi connectivity index (χ1) is 13.1. The number of nitrogens with zero attached hydrogens (tertiary/aromatic N) is 2. The minimum Gasteiger partial charge on any atom is -0.465 e. The van der Waals surface area contributed by atoms with E-state index in [9.17, 15) is 9.59 Å². The van der Waals surface area contributed by atoms with Crippen molar-refractivity contribution >= 4 is 23.4 Å². The molecule has 2 aliphatic heterocycles. The number of benzene rings is 2. The second kappa shape index (κ2) is 7.15. The third kappa shape index (κ3) is 3.65. The normalized spacial score (nSPS) is 15.9. The van der Waals surface area contributed by atoms with Gasteiger partial charge in [-0.15, -0.1) is 0 Å². The van der Waals surface area contributed by atoms with Crippen LogP contribution in [-0.4, -0.2) is 40.1 Å². The predicted octanol–water partition coefficient (Wildman–Crippen LogP) is 4.00. The molecule has 3 amide bonds. The SMILES string of the molecule is O=C(O)N1CC=C(c2ccc(NC(=O)N3Cc4ccccc4C3)cc2)CC1. The minimum absolute atomic E-state index is 0.104. The van der Waals surface area contributed by atoms with Crippen LogP contribution in [0.15, 0.2) is 54.6 Å². The summed E-state index contributed by atoms with van der Waals surface area (Å²) in [4.78, 5) is 26.7. The molecule has 138 valence electrons. The van der Waals surface area contributed by atoms with Gasteiger partial charge in [0, 0.05) is 31.9 Å². The highest BCUT2D eigenvalue weighted by atomic mass is 16.4. The van der Waals surface area contributed by atoms with Crippen molar-refractivity contribution in [2.24, 2.45) is 0 Å². The minimum atomic E-state index is -0.882. The Morgan fingerprint density at radius 3 is 2.15 bits per heavy atom.